The quantitative estimate of drug-likeness (QED) is 0.254. The van der Waals surface area contributed by atoms with Crippen molar-refractivity contribution in [3.8, 4) is 0 Å². The van der Waals surface area contributed by atoms with E-state index in [1.807, 2.05) is 67.6 Å². The molecule has 56 heavy (non-hydrogen) atoms. The minimum absolute atomic E-state index is 0.0714. The van der Waals surface area contributed by atoms with Crippen LogP contribution in [0.5, 0.6) is 0 Å². The van der Waals surface area contributed by atoms with Gasteiger partial charge in [0.15, 0.2) is 12.6 Å². The number of aliphatic hydroxyl groups excluding tert-OH is 2. The minimum Gasteiger partial charge on any atom is -0.459 e. The number of esters is 1. The normalized spacial score (nSPS) is 48.4. The molecule has 5 heterocycles. The zero-order valence-corrected chi connectivity index (χ0v) is 36.7. The zero-order chi connectivity index (χ0) is 42.1. The first-order chi connectivity index (χ1) is 26.0. The summed E-state index contributed by atoms with van der Waals surface area (Å²) in [6.45, 7) is 24.1. The number of nitrogens with zero attached hydrogens (tertiary/aromatic N) is 2. The van der Waals surface area contributed by atoms with Crippen molar-refractivity contribution in [2.45, 2.75) is 185 Å². The van der Waals surface area contributed by atoms with E-state index in [2.05, 4.69) is 18.4 Å². The number of rotatable bonds is 7. The largest absolute Gasteiger partial charge is 0.459 e. The SMILES string of the molecule is C=C1CO[C@H]2[C@@H](C)CN(C)[C@H](C)C[C@@](C)(OC1)[C@H](O[C@@H]1O[C@H](C)C[C@H](N(C)C)[C@H]1O)[C@@H](C)[C@H](O[C@H]1C[C@@](C)(OC)[C@@H](O)[C@H](C)O1)[C@@H](C)C(=O)O[C@H](CC)[C@@]2(C)O. The van der Waals surface area contributed by atoms with Crippen LogP contribution in [0, 0.1) is 17.8 Å². The number of aliphatic hydroxyl groups is 3. The highest BCUT2D eigenvalue weighted by molar-refractivity contribution is 5.73. The van der Waals surface area contributed by atoms with E-state index in [1.165, 1.54) is 0 Å². The van der Waals surface area contributed by atoms with Gasteiger partial charge in [-0.1, -0.05) is 27.4 Å². The Morgan fingerprint density at radius 2 is 1.66 bits per heavy atom. The molecule has 0 spiro atoms. The second kappa shape index (κ2) is 19.0. The lowest BCUT2D eigenvalue weighted by Gasteiger charge is -2.50. The summed E-state index contributed by atoms with van der Waals surface area (Å²) >= 11 is 0. The van der Waals surface area contributed by atoms with Crippen molar-refractivity contribution in [1.29, 1.82) is 0 Å². The van der Waals surface area contributed by atoms with Crippen LogP contribution in [-0.2, 0) is 42.7 Å². The minimum atomic E-state index is -1.58. The van der Waals surface area contributed by atoms with Gasteiger partial charge in [-0.05, 0) is 100 Å². The fourth-order valence-electron chi connectivity index (χ4n) is 9.60. The van der Waals surface area contributed by atoms with Gasteiger partial charge in [0.25, 0.3) is 0 Å². The van der Waals surface area contributed by atoms with Crippen LogP contribution in [0.3, 0.4) is 0 Å². The lowest BCUT2D eigenvalue weighted by molar-refractivity contribution is -0.320. The smallest absolute Gasteiger partial charge is 0.311 e. The van der Waals surface area contributed by atoms with E-state index in [9.17, 15) is 20.1 Å². The highest BCUT2D eigenvalue weighted by Crippen LogP contribution is 2.42. The Kier molecular flexibility index (Phi) is 16.1. The van der Waals surface area contributed by atoms with E-state index < -0.39 is 89.9 Å². The van der Waals surface area contributed by atoms with Crippen LogP contribution in [0.4, 0.5) is 0 Å². The van der Waals surface area contributed by atoms with Gasteiger partial charge in [-0.2, -0.15) is 0 Å². The number of hydrogen-bond donors (Lipinski definition) is 3. The maximum absolute atomic E-state index is 14.5. The molecule has 0 amide bonds. The summed E-state index contributed by atoms with van der Waals surface area (Å²) in [6.07, 6.45) is -6.52. The number of fused-ring (bicyclic) bond motifs is 15. The fourth-order valence-corrected chi connectivity index (χ4v) is 9.60. The maximum atomic E-state index is 14.5. The summed E-state index contributed by atoms with van der Waals surface area (Å²) in [5, 5.41) is 35.2. The molecule has 0 unspecified atom stereocenters. The Balaban J connectivity index is 1.94. The van der Waals surface area contributed by atoms with Crippen LogP contribution in [-0.4, -0.2) is 169 Å². The van der Waals surface area contributed by atoms with E-state index in [1.54, 1.807) is 27.9 Å². The van der Waals surface area contributed by atoms with Crippen molar-refractivity contribution >= 4 is 5.97 Å². The number of carbonyl (C=O) groups excluding carboxylic acids is 1. The lowest BCUT2D eigenvalue weighted by atomic mass is 9.78. The van der Waals surface area contributed by atoms with Crippen molar-refractivity contribution in [1.82, 2.24) is 9.80 Å². The molecule has 0 saturated carbocycles. The van der Waals surface area contributed by atoms with Gasteiger partial charge in [-0.25, -0.2) is 0 Å². The summed E-state index contributed by atoms with van der Waals surface area (Å²) in [5.41, 5.74) is -2.98. The molecular formula is C42H76N2O12. The van der Waals surface area contributed by atoms with Gasteiger partial charge in [0.1, 0.15) is 23.9 Å². The first-order valence-electron chi connectivity index (χ1n) is 20.7. The van der Waals surface area contributed by atoms with Crippen molar-refractivity contribution in [3.63, 3.8) is 0 Å². The first kappa shape index (κ1) is 47.4. The van der Waals surface area contributed by atoms with E-state index in [0.29, 0.717) is 31.4 Å². The Bertz CT molecular complexity index is 1300. The fraction of sp³-hybridized carbons (Fsp3) is 0.929. The predicted molar refractivity (Wildman–Crippen MR) is 211 cm³/mol. The number of ether oxygens (including phenoxy) is 8. The summed E-state index contributed by atoms with van der Waals surface area (Å²) < 4.78 is 52.2. The standard InChI is InChI=1S/C42H76N2O12/c1-16-31-42(11,48)36-24(3)20-44(14)25(4)18-41(10,51-22-23(2)21-50-36)37(56-39-33(45)30(43(12)13)17-26(5)52-39)27(6)34(28(7)38(47)54-31)55-32-19-40(9,49-15)35(46)29(8)53-32/h24-37,39,45-46,48H,2,16-22H2,1,3-15H3/t24-,25+,26+,27-,28+,29-,30-,31+,32-,33+,34-,35-,36-,37+,39-,40+,41+,42+/m0/s1. The van der Waals surface area contributed by atoms with Gasteiger partial charge >= 0.3 is 5.97 Å². The molecule has 326 valence electrons. The van der Waals surface area contributed by atoms with E-state index in [-0.39, 0.29) is 43.7 Å². The molecule has 14 nitrogen and oxygen atoms in total. The van der Waals surface area contributed by atoms with E-state index in [4.69, 9.17) is 37.9 Å². The van der Waals surface area contributed by atoms with Crippen LogP contribution in [0.15, 0.2) is 12.2 Å². The second-order valence-corrected chi connectivity index (χ2v) is 18.4. The third-order valence-corrected chi connectivity index (χ3v) is 13.3. The molecule has 5 saturated heterocycles. The molecule has 5 aliphatic rings. The summed E-state index contributed by atoms with van der Waals surface area (Å²) in [4.78, 5) is 18.7. The molecule has 14 heteroatoms. The van der Waals surface area contributed by atoms with Gasteiger partial charge in [0.05, 0.1) is 60.9 Å². The Morgan fingerprint density at radius 1 is 1.00 bits per heavy atom. The maximum Gasteiger partial charge on any atom is 0.311 e. The van der Waals surface area contributed by atoms with E-state index in [0.717, 1.165) is 0 Å². The Morgan fingerprint density at radius 3 is 2.27 bits per heavy atom. The molecule has 5 aliphatic heterocycles. The van der Waals surface area contributed by atoms with Gasteiger partial charge in [-0.3, -0.25) is 4.79 Å². The first-order valence-corrected chi connectivity index (χ1v) is 20.7. The molecule has 5 fully saturated rings. The molecule has 0 aromatic heterocycles. The third-order valence-electron chi connectivity index (χ3n) is 13.3. The molecule has 0 aliphatic carbocycles. The van der Waals surface area contributed by atoms with Crippen LogP contribution < -0.4 is 0 Å². The van der Waals surface area contributed by atoms with Crippen LogP contribution in [0.1, 0.15) is 94.9 Å². The van der Waals surface area contributed by atoms with Crippen molar-refractivity contribution in [2.24, 2.45) is 17.8 Å². The molecule has 0 radical (unpaired) electrons. The number of carbonyl (C=O) groups is 1. The number of likely N-dealkylation sites (N-methyl/N-ethyl adjacent to an activating group) is 1. The average Bonchev–Trinajstić information content (AvgIpc) is 3.12. The lowest BCUT2D eigenvalue weighted by Crippen LogP contribution is -2.61. The highest BCUT2D eigenvalue weighted by Gasteiger charge is 2.54. The molecule has 5 rings (SSSR count). The molecular weight excluding hydrogens is 724 g/mol. The Hall–Kier alpha value is -1.27. The summed E-state index contributed by atoms with van der Waals surface area (Å²) in [7, 11) is 7.44. The summed E-state index contributed by atoms with van der Waals surface area (Å²) in [5.74, 6) is -2.30. The van der Waals surface area contributed by atoms with E-state index >= 15 is 0 Å². The van der Waals surface area contributed by atoms with Gasteiger partial charge < -0.3 is 63.0 Å². The molecule has 0 aromatic rings. The second-order valence-electron chi connectivity index (χ2n) is 18.4. The Labute approximate surface area is 336 Å². The predicted octanol–water partition coefficient (Wildman–Crippen LogP) is 3.52. The van der Waals surface area contributed by atoms with Crippen molar-refractivity contribution in [3.05, 3.63) is 12.2 Å². The van der Waals surface area contributed by atoms with Crippen LogP contribution in [0.2, 0.25) is 0 Å². The number of methoxy groups -OCH3 is 1. The summed E-state index contributed by atoms with van der Waals surface area (Å²) in [6, 6.07) is -0.310. The third kappa shape index (κ3) is 10.4. The highest BCUT2D eigenvalue weighted by atomic mass is 16.7. The van der Waals surface area contributed by atoms with Crippen LogP contribution in [0.25, 0.3) is 0 Å². The van der Waals surface area contributed by atoms with Crippen LogP contribution >= 0.6 is 0 Å². The monoisotopic (exact) mass is 801 g/mol. The van der Waals surface area contributed by atoms with Gasteiger partial charge in [0, 0.05) is 38.1 Å². The van der Waals surface area contributed by atoms with Gasteiger partial charge in [-0.15, -0.1) is 0 Å². The molecule has 2 bridgehead atoms. The van der Waals surface area contributed by atoms with Crippen molar-refractivity contribution in [2.75, 3.05) is 48.0 Å². The molecule has 0 aromatic carbocycles. The topological polar surface area (TPSA) is 158 Å². The number of hydrogen-bond acceptors (Lipinski definition) is 14. The average molecular weight is 801 g/mol. The van der Waals surface area contributed by atoms with Crippen molar-refractivity contribution < 1.29 is 58.0 Å². The molecule has 3 N–H and O–H groups in total. The molecule has 18 atom stereocenters. The zero-order valence-electron chi connectivity index (χ0n) is 36.7. The van der Waals surface area contributed by atoms with Gasteiger partial charge in [0.2, 0.25) is 0 Å².